The molecule has 18 heavy (non-hydrogen) atoms. The van der Waals surface area contributed by atoms with Gasteiger partial charge in [-0.25, -0.2) is 0 Å². The quantitative estimate of drug-likeness (QED) is 0.813. The Labute approximate surface area is 105 Å². The molecule has 0 unspecified atom stereocenters. The summed E-state index contributed by atoms with van der Waals surface area (Å²) in [6.45, 7) is 2.77. The number of nitrogens with zero attached hydrogens (tertiary/aromatic N) is 1. The van der Waals surface area contributed by atoms with E-state index < -0.39 is 0 Å². The highest BCUT2D eigenvalue weighted by Crippen LogP contribution is 2.36. The number of Topliss-reactive ketones (excluding diaryl/α,β-unsaturated/α-hetero) is 1. The molecule has 2 aromatic rings. The summed E-state index contributed by atoms with van der Waals surface area (Å²) >= 11 is 0. The highest BCUT2D eigenvalue weighted by Gasteiger charge is 2.16. The average molecular weight is 245 g/mol. The van der Waals surface area contributed by atoms with Crippen LogP contribution in [0.25, 0.3) is 10.9 Å². The third-order valence-corrected chi connectivity index (χ3v) is 3.18. The van der Waals surface area contributed by atoms with E-state index in [2.05, 4.69) is 0 Å². The minimum Gasteiger partial charge on any atom is -0.486 e. The number of benzene rings is 1. The van der Waals surface area contributed by atoms with Crippen LogP contribution in [0, 0.1) is 0 Å². The molecule has 2 heterocycles. The topological polar surface area (TPSA) is 40.5 Å². The molecule has 94 valence electrons. The number of aromatic nitrogens is 1. The Bertz CT molecular complexity index is 627. The molecule has 1 aromatic carbocycles. The number of rotatable bonds is 2. The van der Waals surface area contributed by atoms with Gasteiger partial charge in [0, 0.05) is 31.1 Å². The molecule has 4 nitrogen and oxygen atoms in total. The number of aryl methyl sites for hydroxylation is 1. The van der Waals surface area contributed by atoms with Crippen LogP contribution in [-0.4, -0.2) is 23.6 Å². The first-order chi connectivity index (χ1) is 8.65. The molecule has 0 saturated heterocycles. The number of hydrogen-bond donors (Lipinski definition) is 0. The minimum atomic E-state index is 0.164. The Morgan fingerprint density at radius 2 is 1.94 bits per heavy atom. The lowest BCUT2D eigenvalue weighted by Gasteiger charge is -2.18. The SMILES string of the molecule is CC(=O)Cc1cn(C)c2cc3c(cc12)OCCO3. The minimum absolute atomic E-state index is 0.164. The fourth-order valence-corrected chi connectivity index (χ4v) is 2.41. The van der Waals surface area contributed by atoms with Crippen LogP contribution in [-0.2, 0) is 18.3 Å². The van der Waals surface area contributed by atoms with Crippen LogP contribution in [0.3, 0.4) is 0 Å². The number of carbonyl (C=O) groups excluding carboxylic acids is 1. The van der Waals surface area contributed by atoms with E-state index in [1.807, 2.05) is 29.9 Å². The first kappa shape index (κ1) is 11.1. The van der Waals surface area contributed by atoms with Crippen molar-refractivity contribution < 1.29 is 14.3 Å². The van der Waals surface area contributed by atoms with Crippen LogP contribution in [0.5, 0.6) is 11.5 Å². The molecule has 0 spiro atoms. The number of ether oxygens (including phenoxy) is 2. The summed E-state index contributed by atoms with van der Waals surface area (Å²) in [6, 6.07) is 3.95. The Morgan fingerprint density at radius 3 is 2.61 bits per heavy atom. The van der Waals surface area contributed by atoms with Gasteiger partial charge in [-0.1, -0.05) is 0 Å². The maximum Gasteiger partial charge on any atom is 0.163 e. The molecule has 3 rings (SSSR count). The normalized spacial score (nSPS) is 13.9. The van der Waals surface area contributed by atoms with Crippen LogP contribution in [0.1, 0.15) is 12.5 Å². The van der Waals surface area contributed by atoms with Crippen molar-refractivity contribution in [3.63, 3.8) is 0 Å². The van der Waals surface area contributed by atoms with E-state index in [4.69, 9.17) is 9.47 Å². The molecule has 0 radical (unpaired) electrons. The Morgan fingerprint density at radius 1 is 1.28 bits per heavy atom. The predicted octanol–water partition coefficient (Wildman–Crippen LogP) is 2.08. The smallest absolute Gasteiger partial charge is 0.163 e. The summed E-state index contributed by atoms with van der Waals surface area (Å²) in [6.07, 6.45) is 2.45. The molecule has 1 aliphatic rings. The molecular formula is C14H15NO3. The van der Waals surface area contributed by atoms with Crippen molar-refractivity contribution in [2.45, 2.75) is 13.3 Å². The van der Waals surface area contributed by atoms with Gasteiger partial charge in [-0.2, -0.15) is 0 Å². The van der Waals surface area contributed by atoms with Crippen LogP contribution >= 0.6 is 0 Å². The highest BCUT2D eigenvalue weighted by molar-refractivity contribution is 5.91. The van der Waals surface area contributed by atoms with Gasteiger partial charge in [-0.3, -0.25) is 4.79 Å². The van der Waals surface area contributed by atoms with Gasteiger partial charge in [0.2, 0.25) is 0 Å². The van der Waals surface area contributed by atoms with Crippen molar-refractivity contribution in [1.29, 1.82) is 0 Å². The van der Waals surface area contributed by atoms with Gasteiger partial charge in [0.25, 0.3) is 0 Å². The summed E-state index contributed by atoms with van der Waals surface area (Å²) in [7, 11) is 1.97. The van der Waals surface area contributed by atoms with Crippen molar-refractivity contribution in [2.24, 2.45) is 7.05 Å². The molecule has 1 aliphatic heterocycles. The van der Waals surface area contributed by atoms with E-state index in [0.717, 1.165) is 28.0 Å². The second-order valence-electron chi connectivity index (χ2n) is 4.66. The number of carbonyl (C=O) groups is 1. The molecule has 0 saturated carbocycles. The standard InChI is InChI=1S/C14H15NO3/c1-9(16)5-10-8-15(2)12-7-14-13(6-11(10)12)17-3-4-18-14/h6-8H,3-5H2,1-2H3. The lowest BCUT2D eigenvalue weighted by molar-refractivity contribution is -0.116. The first-order valence-corrected chi connectivity index (χ1v) is 6.02. The van der Waals surface area contributed by atoms with Gasteiger partial charge in [-0.15, -0.1) is 0 Å². The molecule has 0 N–H and O–H groups in total. The average Bonchev–Trinajstić information content (AvgIpc) is 2.63. The van der Waals surface area contributed by atoms with E-state index in [1.54, 1.807) is 6.92 Å². The number of hydrogen-bond acceptors (Lipinski definition) is 3. The first-order valence-electron chi connectivity index (χ1n) is 6.02. The van der Waals surface area contributed by atoms with E-state index in [9.17, 15) is 4.79 Å². The predicted molar refractivity (Wildman–Crippen MR) is 68.3 cm³/mol. The van der Waals surface area contributed by atoms with Crippen molar-refractivity contribution in [2.75, 3.05) is 13.2 Å². The van der Waals surface area contributed by atoms with Crippen LogP contribution in [0.2, 0.25) is 0 Å². The second-order valence-corrected chi connectivity index (χ2v) is 4.66. The molecule has 0 amide bonds. The molecule has 0 aliphatic carbocycles. The van der Waals surface area contributed by atoms with Gasteiger partial charge in [0.05, 0.1) is 5.52 Å². The summed E-state index contributed by atoms with van der Waals surface area (Å²) < 4.78 is 13.2. The zero-order valence-corrected chi connectivity index (χ0v) is 10.5. The molecule has 4 heteroatoms. The van der Waals surface area contributed by atoms with E-state index in [1.165, 1.54) is 0 Å². The lowest BCUT2D eigenvalue weighted by Crippen LogP contribution is -2.15. The van der Waals surface area contributed by atoms with Gasteiger partial charge < -0.3 is 14.0 Å². The van der Waals surface area contributed by atoms with Crippen LogP contribution in [0.15, 0.2) is 18.3 Å². The third kappa shape index (κ3) is 1.74. The number of ketones is 1. The Kier molecular flexibility index (Phi) is 2.51. The van der Waals surface area contributed by atoms with Gasteiger partial charge in [0.15, 0.2) is 11.5 Å². The Hall–Kier alpha value is -1.97. The van der Waals surface area contributed by atoms with Gasteiger partial charge in [0.1, 0.15) is 19.0 Å². The van der Waals surface area contributed by atoms with Crippen molar-refractivity contribution in [3.8, 4) is 11.5 Å². The molecule has 0 atom stereocenters. The van der Waals surface area contributed by atoms with Crippen LogP contribution < -0.4 is 9.47 Å². The summed E-state index contributed by atoms with van der Waals surface area (Å²) in [5.74, 6) is 1.71. The summed E-state index contributed by atoms with van der Waals surface area (Å²) in [4.78, 5) is 11.3. The lowest BCUT2D eigenvalue weighted by atomic mass is 10.1. The zero-order valence-electron chi connectivity index (χ0n) is 10.5. The van der Waals surface area contributed by atoms with E-state index >= 15 is 0 Å². The molecular weight excluding hydrogens is 230 g/mol. The fraction of sp³-hybridized carbons (Fsp3) is 0.357. The molecule has 1 aromatic heterocycles. The largest absolute Gasteiger partial charge is 0.486 e. The van der Waals surface area contributed by atoms with Gasteiger partial charge >= 0.3 is 0 Å². The van der Waals surface area contributed by atoms with E-state index in [-0.39, 0.29) is 5.78 Å². The highest BCUT2D eigenvalue weighted by atomic mass is 16.6. The van der Waals surface area contributed by atoms with Crippen LogP contribution in [0.4, 0.5) is 0 Å². The van der Waals surface area contributed by atoms with Crippen molar-refractivity contribution in [3.05, 3.63) is 23.9 Å². The maximum absolute atomic E-state index is 11.3. The fourth-order valence-electron chi connectivity index (χ4n) is 2.41. The zero-order chi connectivity index (χ0) is 12.7. The maximum atomic E-state index is 11.3. The third-order valence-electron chi connectivity index (χ3n) is 3.18. The molecule has 0 fully saturated rings. The van der Waals surface area contributed by atoms with Crippen molar-refractivity contribution >= 4 is 16.7 Å². The number of fused-ring (bicyclic) bond motifs is 2. The second kappa shape index (κ2) is 4.05. The van der Waals surface area contributed by atoms with E-state index in [0.29, 0.717) is 19.6 Å². The van der Waals surface area contributed by atoms with Crippen molar-refractivity contribution in [1.82, 2.24) is 4.57 Å². The monoisotopic (exact) mass is 245 g/mol. The van der Waals surface area contributed by atoms with Gasteiger partial charge in [-0.05, 0) is 18.6 Å². The molecule has 0 bridgehead atoms. The summed E-state index contributed by atoms with van der Waals surface area (Å²) in [5, 5.41) is 1.07. The Balaban J connectivity index is 2.19. The summed E-state index contributed by atoms with van der Waals surface area (Å²) in [5.41, 5.74) is 2.10.